The number of nitrogens with one attached hydrogen (secondary N) is 1. The van der Waals surface area contributed by atoms with E-state index in [1.807, 2.05) is 0 Å². The zero-order valence-corrected chi connectivity index (χ0v) is 18.3. The molecular weight excluding hydrogens is 448 g/mol. The molecule has 0 radical (unpaired) electrons. The third-order valence-electron chi connectivity index (χ3n) is 4.45. The zero-order chi connectivity index (χ0) is 22.4. The molecule has 1 fully saturated rings. The van der Waals surface area contributed by atoms with Crippen LogP contribution in [0.3, 0.4) is 0 Å². The number of carbonyl (C=O) groups excluding carboxylic acids is 1. The highest BCUT2D eigenvalue weighted by molar-refractivity contribution is 7.13. The maximum Gasteiger partial charge on any atom is 0.275 e. The molecule has 0 spiro atoms. The Bertz CT molecular complexity index is 1020. The molecule has 0 bridgehead atoms. The predicted molar refractivity (Wildman–Crippen MR) is 117 cm³/mol. The molecule has 0 saturated carbocycles. The highest BCUT2D eigenvalue weighted by Gasteiger charge is 2.19. The molecule has 1 saturated heterocycles. The average molecular weight is 470 g/mol. The molecule has 11 heteroatoms. The van der Waals surface area contributed by atoms with Crippen LogP contribution in [0.2, 0.25) is 5.02 Å². The predicted octanol–water partition coefficient (Wildman–Crippen LogP) is 4.05. The topological polar surface area (TPSA) is 95.1 Å². The molecular formula is C20H22ClF2N5O2S. The highest BCUT2D eigenvalue weighted by atomic mass is 35.5. The number of ether oxygens (including phenoxy) is 1. The number of carbonyl (C=O) groups is 1. The first-order chi connectivity index (χ1) is 14.8. The number of nitrogens with two attached hydrogens (primary N) is 1. The van der Waals surface area contributed by atoms with Crippen LogP contribution in [0.4, 0.5) is 14.5 Å². The maximum absolute atomic E-state index is 13.5. The Labute approximate surface area is 187 Å². The number of hydrogen-bond acceptors (Lipinski definition) is 6. The molecule has 3 N–H and O–H groups in total. The van der Waals surface area contributed by atoms with E-state index in [1.165, 1.54) is 23.6 Å². The summed E-state index contributed by atoms with van der Waals surface area (Å²) in [5.41, 5.74) is 6.70. The van der Waals surface area contributed by atoms with Crippen molar-refractivity contribution in [2.24, 2.45) is 12.8 Å². The number of rotatable bonds is 3. The summed E-state index contributed by atoms with van der Waals surface area (Å²) in [4.78, 5) is 16.3. The fraction of sp³-hybridized carbons (Fsp3) is 0.350. The lowest BCUT2D eigenvalue weighted by molar-refractivity contribution is 0.0923. The summed E-state index contributed by atoms with van der Waals surface area (Å²) in [6.45, 7) is 0.843. The van der Waals surface area contributed by atoms with Gasteiger partial charge in [-0.25, -0.2) is 13.8 Å². The van der Waals surface area contributed by atoms with E-state index < -0.39 is 12.0 Å². The number of thiazole rings is 1. The third kappa shape index (κ3) is 6.30. The van der Waals surface area contributed by atoms with E-state index >= 15 is 0 Å². The summed E-state index contributed by atoms with van der Waals surface area (Å²) in [6, 6.07) is 4.18. The Hall–Kier alpha value is -2.40. The van der Waals surface area contributed by atoms with Gasteiger partial charge in [0.25, 0.3) is 5.91 Å². The first kappa shape index (κ1) is 23.3. The lowest BCUT2D eigenvalue weighted by atomic mass is 10.1. The molecule has 4 rings (SSSR count). The molecule has 1 amide bonds. The Morgan fingerprint density at radius 3 is 3.00 bits per heavy atom. The third-order valence-corrected chi connectivity index (χ3v) is 5.71. The average Bonchev–Trinajstić information content (AvgIpc) is 3.35. The van der Waals surface area contributed by atoms with Gasteiger partial charge in [-0.3, -0.25) is 9.48 Å². The number of hydrogen-bond donors (Lipinski definition) is 2. The number of alkyl halides is 1. The fourth-order valence-electron chi connectivity index (χ4n) is 2.77. The van der Waals surface area contributed by atoms with Crippen LogP contribution >= 0.6 is 22.9 Å². The van der Waals surface area contributed by atoms with E-state index in [0.717, 1.165) is 12.8 Å². The number of benzene rings is 1. The fourth-order valence-corrected chi connectivity index (χ4v) is 3.88. The van der Waals surface area contributed by atoms with Crippen molar-refractivity contribution < 1.29 is 18.3 Å². The van der Waals surface area contributed by atoms with Crippen LogP contribution in [0.15, 0.2) is 36.0 Å². The lowest BCUT2D eigenvalue weighted by Gasteiger charge is -2.10. The molecule has 7 nitrogen and oxygen atoms in total. The number of halogens is 3. The van der Waals surface area contributed by atoms with Gasteiger partial charge in [-0.15, -0.1) is 11.3 Å². The quantitative estimate of drug-likeness (QED) is 0.603. The van der Waals surface area contributed by atoms with Crippen molar-refractivity contribution >= 4 is 34.5 Å². The van der Waals surface area contributed by atoms with Crippen molar-refractivity contribution in [1.82, 2.24) is 14.8 Å². The standard InChI is InChI=1S/C14H10ClFN4OS.C6H12FNO/c1-20-6-8(5-17-20)18-13(21)11-7-22-14(19-11)9-3-2-4-10(16)12(9)15;7-5-4-9-3-1-2-6(5)8/h2-7H,1H3,(H,18,21);5-6H,1-4,8H2. The summed E-state index contributed by atoms with van der Waals surface area (Å²) in [5.74, 6) is -0.876. The molecule has 1 aromatic carbocycles. The van der Waals surface area contributed by atoms with E-state index in [9.17, 15) is 13.6 Å². The Kier molecular flexibility index (Phi) is 8.08. The summed E-state index contributed by atoms with van der Waals surface area (Å²) in [7, 11) is 1.75. The molecule has 1 aliphatic heterocycles. The van der Waals surface area contributed by atoms with E-state index in [4.69, 9.17) is 22.1 Å². The Morgan fingerprint density at radius 2 is 2.26 bits per heavy atom. The minimum atomic E-state index is -0.951. The molecule has 2 atom stereocenters. The van der Waals surface area contributed by atoms with Gasteiger partial charge < -0.3 is 15.8 Å². The number of amides is 1. The van der Waals surface area contributed by atoms with Crippen LogP contribution in [0.5, 0.6) is 0 Å². The Morgan fingerprint density at radius 1 is 1.45 bits per heavy atom. The van der Waals surface area contributed by atoms with Gasteiger partial charge in [-0.1, -0.05) is 23.7 Å². The second-order valence-electron chi connectivity index (χ2n) is 6.89. The Balaban J connectivity index is 0.000000254. The van der Waals surface area contributed by atoms with Gasteiger partial charge in [-0.2, -0.15) is 5.10 Å². The van der Waals surface area contributed by atoms with Crippen molar-refractivity contribution in [2.45, 2.75) is 25.1 Å². The highest BCUT2D eigenvalue weighted by Crippen LogP contribution is 2.32. The van der Waals surface area contributed by atoms with Crippen molar-refractivity contribution in [3.63, 3.8) is 0 Å². The maximum atomic E-state index is 13.5. The van der Waals surface area contributed by atoms with Crippen molar-refractivity contribution in [3.05, 3.63) is 52.5 Å². The van der Waals surface area contributed by atoms with Gasteiger partial charge in [0, 0.05) is 36.8 Å². The zero-order valence-electron chi connectivity index (χ0n) is 16.7. The van der Waals surface area contributed by atoms with Gasteiger partial charge >= 0.3 is 0 Å². The molecule has 3 aromatic rings. The number of nitrogens with zero attached hydrogens (tertiary/aromatic N) is 3. The molecule has 0 aliphatic carbocycles. The molecule has 3 heterocycles. The normalized spacial score (nSPS) is 18.6. The first-order valence-corrected chi connectivity index (χ1v) is 10.8. The minimum absolute atomic E-state index is 0.00364. The van der Waals surface area contributed by atoms with Crippen LogP contribution < -0.4 is 11.1 Å². The van der Waals surface area contributed by atoms with E-state index in [-0.39, 0.29) is 29.3 Å². The lowest BCUT2D eigenvalue weighted by Crippen LogP contribution is -2.32. The van der Waals surface area contributed by atoms with E-state index in [2.05, 4.69) is 15.4 Å². The van der Waals surface area contributed by atoms with Crippen molar-refractivity contribution in [3.8, 4) is 10.6 Å². The van der Waals surface area contributed by atoms with Crippen LogP contribution in [0, 0.1) is 5.82 Å². The van der Waals surface area contributed by atoms with Crippen LogP contribution in [-0.2, 0) is 11.8 Å². The van der Waals surface area contributed by atoms with Gasteiger partial charge in [0.05, 0.1) is 23.5 Å². The molecule has 31 heavy (non-hydrogen) atoms. The van der Waals surface area contributed by atoms with Gasteiger partial charge in [0.15, 0.2) is 0 Å². The molecule has 2 aromatic heterocycles. The summed E-state index contributed by atoms with van der Waals surface area (Å²) in [6.07, 6.45) is 3.90. The second kappa shape index (κ2) is 10.8. The van der Waals surface area contributed by atoms with Gasteiger partial charge in [-0.05, 0) is 18.9 Å². The molecule has 1 aliphatic rings. The van der Waals surface area contributed by atoms with Gasteiger partial charge in [0.2, 0.25) is 0 Å². The summed E-state index contributed by atoms with van der Waals surface area (Å²) in [5, 5.41) is 8.73. The van der Waals surface area contributed by atoms with Crippen molar-refractivity contribution in [2.75, 3.05) is 18.5 Å². The smallest absolute Gasteiger partial charge is 0.275 e. The number of aromatic nitrogens is 3. The SMILES string of the molecule is Cn1cc(NC(=O)c2csc(-c3cccc(F)c3Cl)n2)cn1.NC1CCCOCC1F. The summed E-state index contributed by atoms with van der Waals surface area (Å²) >= 11 is 7.15. The summed E-state index contributed by atoms with van der Waals surface area (Å²) < 4.78 is 32.6. The van der Waals surface area contributed by atoms with Gasteiger partial charge in [0.1, 0.15) is 22.7 Å². The first-order valence-electron chi connectivity index (χ1n) is 9.52. The van der Waals surface area contributed by atoms with Crippen LogP contribution in [0.25, 0.3) is 10.6 Å². The van der Waals surface area contributed by atoms with E-state index in [0.29, 0.717) is 22.9 Å². The monoisotopic (exact) mass is 469 g/mol. The molecule has 2 unspecified atom stereocenters. The van der Waals surface area contributed by atoms with Crippen LogP contribution in [0.1, 0.15) is 23.3 Å². The number of aryl methyl sites for hydroxylation is 1. The number of anilines is 1. The van der Waals surface area contributed by atoms with Crippen LogP contribution in [-0.4, -0.2) is 46.1 Å². The molecule has 166 valence electrons. The van der Waals surface area contributed by atoms with E-state index in [1.54, 1.807) is 35.4 Å². The van der Waals surface area contributed by atoms with Crippen molar-refractivity contribution in [1.29, 1.82) is 0 Å². The minimum Gasteiger partial charge on any atom is -0.378 e. The second-order valence-corrected chi connectivity index (χ2v) is 8.13. The largest absolute Gasteiger partial charge is 0.378 e.